The molecule has 0 aromatic heterocycles. The minimum absolute atomic E-state index is 0.147. The van der Waals surface area contributed by atoms with E-state index in [0.717, 1.165) is 26.1 Å². The van der Waals surface area contributed by atoms with Gasteiger partial charge in [0.05, 0.1) is 19.6 Å². The van der Waals surface area contributed by atoms with Crippen LogP contribution in [0, 0.1) is 0 Å². The van der Waals surface area contributed by atoms with E-state index >= 15 is 0 Å². The highest BCUT2D eigenvalue weighted by Crippen LogP contribution is 2.13. The zero-order chi connectivity index (χ0) is 11.1. The fourth-order valence-electron chi connectivity index (χ4n) is 1.77. The molecule has 4 heteroatoms. The predicted molar refractivity (Wildman–Crippen MR) is 57.7 cm³/mol. The number of hydrogen-bond acceptors (Lipinski definition) is 4. The molecule has 0 spiro atoms. The van der Waals surface area contributed by atoms with E-state index in [4.69, 9.17) is 4.74 Å². The molecular formula is C11H21NO3. The topological polar surface area (TPSA) is 38.8 Å². The first kappa shape index (κ1) is 12.5. The zero-order valence-corrected chi connectivity index (χ0v) is 9.70. The molecule has 0 radical (unpaired) electrons. The molecule has 15 heavy (non-hydrogen) atoms. The highest BCUT2D eigenvalue weighted by Gasteiger charge is 2.16. The van der Waals surface area contributed by atoms with Crippen LogP contribution >= 0.6 is 0 Å². The standard InChI is InChI=1S/C11H21NO3/c1-12(7-6-11(13)14-2)9-10-5-3-4-8-15-10/h10H,3-9H2,1-2H3. The van der Waals surface area contributed by atoms with Gasteiger partial charge in [-0.3, -0.25) is 4.79 Å². The highest BCUT2D eigenvalue weighted by molar-refractivity contribution is 5.69. The van der Waals surface area contributed by atoms with E-state index < -0.39 is 0 Å². The van der Waals surface area contributed by atoms with Crippen molar-refractivity contribution in [1.29, 1.82) is 0 Å². The van der Waals surface area contributed by atoms with Crippen molar-refractivity contribution in [3.05, 3.63) is 0 Å². The molecular weight excluding hydrogens is 194 g/mol. The van der Waals surface area contributed by atoms with Gasteiger partial charge in [-0.1, -0.05) is 0 Å². The molecule has 1 aliphatic heterocycles. The molecule has 1 saturated heterocycles. The van der Waals surface area contributed by atoms with E-state index in [2.05, 4.69) is 9.64 Å². The molecule has 0 bridgehead atoms. The van der Waals surface area contributed by atoms with Crippen molar-refractivity contribution in [2.24, 2.45) is 0 Å². The Morgan fingerprint density at radius 2 is 2.33 bits per heavy atom. The van der Waals surface area contributed by atoms with E-state index in [1.54, 1.807) is 0 Å². The second-order valence-electron chi connectivity index (χ2n) is 4.08. The fourth-order valence-corrected chi connectivity index (χ4v) is 1.77. The van der Waals surface area contributed by atoms with Gasteiger partial charge in [-0.25, -0.2) is 0 Å². The van der Waals surface area contributed by atoms with Gasteiger partial charge < -0.3 is 14.4 Å². The van der Waals surface area contributed by atoms with Crippen molar-refractivity contribution in [2.45, 2.75) is 31.8 Å². The molecule has 0 aromatic carbocycles. The van der Waals surface area contributed by atoms with Crippen LogP contribution in [0.2, 0.25) is 0 Å². The molecule has 0 saturated carbocycles. The molecule has 1 unspecified atom stereocenters. The van der Waals surface area contributed by atoms with Crippen LogP contribution in [-0.4, -0.2) is 50.8 Å². The molecule has 1 atom stereocenters. The largest absolute Gasteiger partial charge is 0.469 e. The molecule has 1 fully saturated rings. The van der Waals surface area contributed by atoms with E-state index in [-0.39, 0.29) is 5.97 Å². The molecule has 0 amide bonds. The summed E-state index contributed by atoms with van der Waals surface area (Å²) in [7, 11) is 3.44. The molecule has 1 rings (SSSR count). The Morgan fingerprint density at radius 3 is 2.93 bits per heavy atom. The minimum Gasteiger partial charge on any atom is -0.469 e. The monoisotopic (exact) mass is 215 g/mol. The van der Waals surface area contributed by atoms with Crippen LogP contribution in [0.3, 0.4) is 0 Å². The maximum atomic E-state index is 10.9. The zero-order valence-electron chi connectivity index (χ0n) is 9.70. The van der Waals surface area contributed by atoms with E-state index in [9.17, 15) is 4.79 Å². The maximum absolute atomic E-state index is 10.9. The Hall–Kier alpha value is -0.610. The third-order valence-corrected chi connectivity index (χ3v) is 2.71. The van der Waals surface area contributed by atoms with Crippen molar-refractivity contribution in [2.75, 3.05) is 33.9 Å². The van der Waals surface area contributed by atoms with Gasteiger partial charge in [0.25, 0.3) is 0 Å². The Balaban J connectivity index is 2.11. The van der Waals surface area contributed by atoms with Gasteiger partial charge in [0.2, 0.25) is 0 Å². The van der Waals surface area contributed by atoms with Gasteiger partial charge in [-0.2, -0.15) is 0 Å². The summed E-state index contributed by atoms with van der Waals surface area (Å²) in [5.74, 6) is -0.147. The van der Waals surface area contributed by atoms with Crippen LogP contribution in [0.4, 0.5) is 0 Å². The van der Waals surface area contributed by atoms with Crippen LogP contribution in [0.1, 0.15) is 25.7 Å². The lowest BCUT2D eigenvalue weighted by Gasteiger charge is -2.27. The lowest BCUT2D eigenvalue weighted by molar-refractivity contribution is -0.141. The molecule has 0 N–H and O–H groups in total. The fraction of sp³-hybridized carbons (Fsp3) is 0.909. The van der Waals surface area contributed by atoms with Crippen LogP contribution in [-0.2, 0) is 14.3 Å². The van der Waals surface area contributed by atoms with E-state index in [1.165, 1.54) is 20.0 Å². The van der Waals surface area contributed by atoms with Gasteiger partial charge in [0, 0.05) is 19.7 Å². The van der Waals surface area contributed by atoms with Crippen LogP contribution in [0.15, 0.2) is 0 Å². The lowest BCUT2D eigenvalue weighted by atomic mass is 10.1. The number of carbonyl (C=O) groups excluding carboxylic acids is 1. The van der Waals surface area contributed by atoms with Gasteiger partial charge in [0.1, 0.15) is 0 Å². The Morgan fingerprint density at radius 1 is 1.53 bits per heavy atom. The summed E-state index contributed by atoms with van der Waals surface area (Å²) in [6, 6.07) is 0. The van der Waals surface area contributed by atoms with Crippen molar-refractivity contribution < 1.29 is 14.3 Å². The van der Waals surface area contributed by atoms with E-state index in [0.29, 0.717) is 12.5 Å². The summed E-state index contributed by atoms with van der Waals surface area (Å²) in [4.78, 5) is 13.1. The van der Waals surface area contributed by atoms with Crippen molar-refractivity contribution in [3.8, 4) is 0 Å². The lowest BCUT2D eigenvalue weighted by Crippen LogP contribution is -2.34. The first-order valence-electron chi connectivity index (χ1n) is 5.59. The number of esters is 1. The highest BCUT2D eigenvalue weighted by atomic mass is 16.5. The number of carbonyl (C=O) groups is 1. The molecule has 1 aliphatic rings. The average Bonchev–Trinajstić information content (AvgIpc) is 2.27. The van der Waals surface area contributed by atoms with Crippen LogP contribution < -0.4 is 0 Å². The number of nitrogens with zero attached hydrogens (tertiary/aromatic N) is 1. The summed E-state index contributed by atoms with van der Waals surface area (Å²) in [6.07, 6.45) is 4.39. The molecule has 0 aromatic rings. The summed E-state index contributed by atoms with van der Waals surface area (Å²) >= 11 is 0. The summed E-state index contributed by atoms with van der Waals surface area (Å²) < 4.78 is 10.2. The minimum atomic E-state index is -0.147. The number of likely N-dealkylation sites (N-methyl/N-ethyl adjacent to an activating group) is 1. The first-order valence-corrected chi connectivity index (χ1v) is 5.59. The van der Waals surface area contributed by atoms with Gasteiger partial charge in [-0.15, -0.1) is 0 Å². The Kier molecular flexibility index (Phi) is 5.65. The third-order valence-electron chi connectivity index (χ3n) is 2.71. The van der Waals surface area contributed by atoms with Crippen molar-refractivity contribution in [1.82, 2.24) is 4.90 Å². The van der Waals surface area contributed by atoms with Gasteiger partial charge >= 0.3 is 5.97 Å². The van der Waals surface area contributed by atoms with E-state index in [1.807, 2.05) is 7.05 Å². The first-order chi connectivity index (χ1) is 7.22. The SMILES string of the molecule is COC(=O)CCN(C)CC1CCCCO1. The number of ether oxygens (including phenoxy) is 2. The normalized spacial score (nSPS) is 21.7. The number of hydrogen-bond donors (Lipinski definition) is 0. The smallest absolute Gasteiger partial charge is 0.306 e. The van der Waals surface area contributed by atoms with Gasteiger partial charge in [-0.05, 0) is 26.3 Å². The second kappa shape index (κ2) is 6.80. The molecule has 4 nitrogen and oxygen atoms in total. The predicted octanol–water partition coefficient (Wildman–Crippen LogP) is 1.05. The third kappa shape index (κ3) is 5.14. The number of methoxy groups -OCH3 is 1. The maximum Gasteiger partial charge on any atom is 0.306 e. The number of rotatable bonds is 5. The van der Waals surface area contributed by atoms with Crippen molar-refractivity contribution in [3.63, 3.8) is 0 Å². The van der Waals surface area contributed by atoms with Crippen LogP contribution in [0.5, 0.6) is 0 Å². The van der Waals surface area contributed by atoms with Crippen molar-refractivity contribution >= 4 is 5.97 Å². The summed E-state index contributed by atoms with van der Waals surface area (Å²) in [6.45, 7) is 2.54. The molecule has 0 aliphatic carbocycles. The summed E-state index contributed by atoms with van der Waals surface area (Å²) in [5, 5.41) is 0. The summed E-state index contributed by atoms with van der Waals surface area (Å²) in [5.41, 5.74) is 0. The van der Waals surface area contributed by atoms with Gasteiger partial charge in [0.15, 0.2) is 0 Å². The molecule has 1 heterocycles. The Bertz CT molecular complexity index is 190. The average molecular weight is 215 g/mol. The van der Waals surface area contributed by atoms with Crippen LogP contribution in [0.25, 0.3) is 0 Å². The molecule has 88 valence electrons. The Labute approximate surface area is 91.5 Å². The second-order valence-corrected chi connectivity index (χ2v) is 4.08. The quantitative estimate of drug-likeness (QED) is 0.643.